The predicted molar refractivity (Wildman–Crippen MR) is 53.8 cm³/mol. The highest BCUT2D eigenvalue weighted by Gasteiger charge is 2.36. The number of carbonyl (C=O) groups excluding carboxylic acids is 1. The van der Waals surface area contributed by atoms with Gasteiger partial charge in [0.2, 0.25) is 0 Å². The minimum absolute atomic E-state index is 0.00117. The molecule has 4 nitrogen and oxygen atoms in total. The minimum Gasteiger partial charge on any atom is -0.506 e. The van der Waals surface area contributed by atoms with E-state index in [1.807, 2.05) is 0 Å². The van der Waals surface area contributed by atoms with Crippen LogP contribution in [0.1, 0.15) is 28.4 Å². The van der Waals surface area contributed by atoms with Crippen molar-refractivity contribution < 1.29 is 27.8 Å². The van der Waals surface area contributed by atoms with Gasteiger partial charge in [0.25, 0.3) is 0 Å². The number of nitrogens with zero attached hydrogens (tertiary/aromatic N) is 1. The monoisotopic (exact) mass is 259 g/mol. The third-order valence-electron chi connectivity index (χ3n) is 2.09. The number of rotatable bonds is 2. The van der Waals surface area contributed by atoms with Crippen LogP contribution >= 0.6 is 0 Å². The zero-order valence-electron chi connectivity index (χ0n) is 9.21. The quantitative estimate of drug-likeness (QED) is 0.828. The van der Waals surface area contributed by atoms with E-state index in [1.165, 1.54) is 13.0 Å². The van der Waals surface area contributed by atoms with Gasteiger partial charge >= 0.3 is 12.1 Å². The summed E-state index contributed by atoms with van der Waals surface area (Å²) in [6.45, 7) is 1.51. The van der Waals surface area contributed by atoms with Gasteiger partial charge in [-0.3, -0.25) is 0 Å². The molecule has 1 aromatic carbocycles. The van der Waals surface area contributed by atoms with Crippen LogP contribution in [0.15, 0.2) is 12.1 Å². The van der Waals surface area contributed by atoms with Gasteiger partial charge in [-0.15, -0.1) is 0 Å². The Morgan fingerprint density at radius 2 is 2.11 bits per heavy atom. The van der Waals surface area contributed by atoms with Crippen LogP contribution < -0.4 is 0 Å². The molecule has 0 amide bonds. The lowest BCUT2D eigenvalue weighted by Crippen LogP contribution is -2.11. The van der Waals surface area contributed by atoms with Crippen LogP contribution in [0.3, 0.4) is 0 Å². The van der Waals surface area contributed by atoms with E-state index in [0.29, 0.717) is 6.07 Å². The van der Waals surface area contributed by atoms with Crippen molar-refractivity contribution >= 4 is 5.97 Å². The largest absolute Gasteiger partial charge is 0.506 e. The number of aromatic hydroxyl groups is 1. The fourth-order valence-corrected chi connectivity index (χ4v) is 1.31. The van der Waals surface area contributed by atoms with Crippen LogP contribution in [0.5, 0.6) is 5.75 Å². The first-order valence-corrected chi connectivity index (χ1v) is 4.83. The summed E-state index contributed by atoms with van der Waals surface area (Å²) >= 11 is 0. The number of phenolic OH excluding ortho intramolecular Hbond substituents is 1. The summed E-state index contributed by atoms with van der Waals surface area (Å²) in [6.07, 6.45) is -4.78. The number of phenols is 1. The van der Waals surface area contributed by atoms with E-state index in [-0.39, 0.29) is 6.61 Å². The molecule has 0 unspecified atom stereocenters. The second-order valence-electron chi connectivity index (χ2n) is 3.21. The van der Waals surface area contributed by atoms with Crippen LogP contribution in [0.2, 0.25) is 0 Å². The Bertz CT molecular complexity index is 517. The second kappa shape index (κ2) is 4.96. The Morgan fingerprint density at radius 1 is 1.50 bits per heavy atom. The molecule has 0 aliphatic carbocycles. The van der Waals surface area contributed by atoms with E-state index in [4.69, 9.17) is 5.26 Å². The van der Waals surface area contributed by atoms with Gasteiger partial charge in [0.1, 0.15) is 22.9 Å². The van der Waals surface area contributed by atoms with Crippen molar-refractivity contribution in [1.82, 2.24) is 0 Å². The maximum Gasteiger partial charge on any atom is 0.417 e. The van der Waals surface area contributed by atoms with Crippen molar-refractivity contribution in [3.63, 3.8) is 0 Å². The van der Waals surface area contributed by atoms with Gasteiger partial charge in [-0.1, -0.05) is 0 Å². The molecule has 0 aromatic heterocycles. The summed E-state index contributed by atoms with van der Waals surface area (Å²) in [6, 6.07) is 2.56. The molecule has 96 valence electrons. The van der Waals surface area contributed by atoms with Gasteiger partial charge in [0.05, 0.1) is 12.2 Å². The third-order valence-corrected chi connectivity index (χ3v) is 2.09. The summed E-state index contributed by atoms with van der Waals surface area (Å²) in [5.74, 6) is -2.01. The van der Waals surface area contributed by atoms with E-state index in [9.17, 15) is 23.1 Å². The number of halogens is 3. The van der Waals surface area contributed by atoms with Gasteiger partial charge in [-0.25, -0.2) is 4.79 Å². The Kier molecular flexibility index (Phi) is 3.81. The second-order valence-corrected chi connectivity index (χ2v) is 3.21. The number of alkyl halides is 3. The van der Waals surface area contributed by atoms with Crippen LogP contribution in [0.25, 0.3) is 0 Å². The standard InChI is InChI=1S/C11H8F3NO3/c1-2-18-10(17)6-3-4-8(11(12,13)14)7(5-15)9(6)16/h3-4,16H,2H2,1H3. The number of hydrogen-bond donors (Lipinski definition) is 1. The molecule has 0 atom stereocenters. The molecule has 0 bridgehead atoms. The van der Waals surface area contributed by atoms with Crippen molar-refractivity contribution in [1.29, 1.82) is 5.26 Å². The summed E-state index contributed by atoms with van der Waals surface area (Å²) in [5, 5.41) is 18.1. The molecule has 0 aliphatic heterocycles. The smallest absolute Gasteiger partial charge is 0.417 e. The number of benzene rings is 1. The average Bonchev–Trinajstić information content (AvgIpc) is 2.27. The molecule has 0 spiro atoms. The summed E-state index contributed by atoms with van der Waals surface area (Å²) in [4.78, 5) is 11.3. The molecule has 0 saturated heterocycles. The zero-order valence-corrected chi connectivity index (χ0v) is 9.21. The SMILES string of the molecule is CCOC(=O)c1ccc(C(F)(F)F)c(C#N)c1O. The number of carbonyl (C=O) groups is 1. The molecule has 0 aliphatic rings. The van der Waals surface area contributed by atoms with Gasteiger partial charge in [-0.2, -0.15) is 18.4 Å². The molecule has 0 heterocycles. The lowest BCUT2D eigenvalue weighted by Gasteiger charge is -2.12. The first-order valence-electron chi connectivity index (χ1n) is 4.83. The highest BCUT2D eigenvalue weighted by molar-refractivity contribution is 5.93. The van der Waals surface area contributed by atoms with Crippen molar-refractivity contribution in [2.75, 3.05) is 6.61 Å². The molecule has 7 heteroatoms. The van der Waals surface area contributed by atoms with Crippen LogP contribution in [-0.4, -0.2) is 17.7 Å². The summed E-state index contributed by atoms with van der Waals surface area (Å²) < 4.78 is 42.1. The summed E-state index contributed by atoms with van der Waals surface area (Å²) in [5.41, 5.74) is -2.76. The number of hydrogen-bond acceptors (Lipinski definition) is 4. The molecule has 0 saturated carbocycles. The highest BCUT2D eigenvalue weighted by Crippen LogP contribution is 2.37. The Morgan fingerprint density at radius 3 is 2.56 bits per heavy atom. The fraction of sp³-hybridized carbons (Fsp3) is 0.273. The molecule has 18 heavy (non-hydrogen) atoms. The normalized spacial score (nSPS) is 10.8. The van der Waals surface area contributed by atoms with E-state index in [1.54, 1.807) is 0 Å². The first kappa shape index (κ1) is 13.8. The van der Waals surface area contributed by atoms with Gasteiger partial charge < -0.3 is 9.84 Å². The lowest BCUT2D eigenvalue weighted by atomic mass is 10.0. The third kappa shape index (κ3) is 2.53. The molecule has 0 fully saturated rings. The predicted octanol–water partition coefficient (Wildman–Crippen LogP) is 2.46. The van der Waals surface area contributed by atoms with E-state index >= 15 is 0 Å². The maximum absolute atomic E-state index is 12.5. The molecular weight excluding hydrogens is 251 g/mol. The van der Waals surface area contributed by atoms with Crippen molar-refractivity contribution in [2.45, 2.75) is 13.1 Å². The number of nitriles is 1. The molecule has 1 aromatic rings. The minimum atomic E-state index is -4.78. The average molecular weight is 259 g/mol. The molecular formula is C11H8F3NO3. The molecule has 0 radical (unpaired) electrons. The van der Waals surface area contributed by atoms with Gasteiger partial charge in [0, 0.05) is 0 Å². The van der Waals surface area contributed by atoms with E-state index in [2.05, 4.69) is 4.74 Å². The van der Waals surface area contributed by atoms with Crippen molar-refractivity contribution in [2.24, 2.45) is 0 Å². The van der Waals surface area contributed by atoms with Crippen LogP contribution in [-0.2, 0) is 10.9 Å². The Hall–Kier alpha value is -2.23. The topological polar surface area (TPSA) is 70.3 Å². The number of esters is 1. The highest BCUT2D eigenvalue weighted by atomic mass is 19.4. The first-order chi connectivity index (χ1) is 8.32. The lowest BCUT2D eigenvalue weighted by molar-refractivity contribution is -0.137. The molecule has 1 rings (SSSR count). The zero-order chi connectivity index (χ0) is 13.9. The summed E-state index contributed by atoms with van der Waals surface area (Å²) in [7, 11) is 0. The fourth-order valence-electron chi connectivity index (χ4n) is 1.31. The van der Waals surface area contributed by atoms with Crippen LogP contribution in [0.4, 0.5) is 13.2 Å². The maximum atomic E-state index is 12.5. The van der Waals surface area contributed by atoms with Crippen molar-refractivity contribution in [3.05, 3.63) is 28.8 Å². The van der Waals surface area contributed by atoms with Gasteiger partial charge in [-0.05, 0) is 19.1 Å². The van der Waals surface area contributed by atoms with Crippen LogP contribution in [0, 0.1) is 11.3 Å². The number of ether oxygens (including phenoxy) is 1. The van der Waals surface area contributed by atoms with Gasteiger partial charge in [0.15, 0.2) is 0 Å². The van der Waals surface area contributed by atoms with Crippen molar-refractivity contribution in [3.8, 4) is 11.8 Å². The Balaban J connectivity index is 3.40. The molecule has 1 N–H and O–H groups in total. The van der Waals surface area contributed by atoms with E-state index in [0.717, 1.165) is 6.07 Å². The Labute approximate surface area is 100 Å². The van der Waals surface area contributed by atoms with E-state index < -0.39 is 34.6 Å².